The fourth-order valence-corrected chi connectivity index (χ4v) is 2.01. The number of nitro groups is 1. The van der Waals surface area contributed by atoms with E-state index in [1.165, 1.54) is 25.3 Å². The van der Waals surface area contributed by atoms with Gasteiger partial charge in [-0.2, -0.15) is 0 Å². The van der Waals surface area contributed by atoms with Gasteiger partial charge in [0.1, 0.15) is 0 Å². The van der Waals surface area contributed by atoms with Crippen molar-refractivity contribution in [3.8, 4) is 5.75 Å². The van der Waals surface area contributed by atoms with Gasteiger partial charge in [0.15, 0.2) is 5.75 Å². The summed E-state index contributed by atoms with van der Waals surface area (Å²) in [6.45, 7) is 1.95. The zero-order valence-corrected chi connectivity index (χ0v) is 12.1. The summed E-state index contributed by atoms with van der Waals surface area (Å²) in [6.07, 6.45) is 1.44. The molecule has 0 aliphatic carbocycles. The molecule has 0 saturated carbocycles. The van der Waals surface area contributed by atoms with Crippen LogP contribution >= 0.6 is 11.6 Å². The number of ether oxygens (including phenoxy) is 1. The molecule has 110 valence electrons. The van der Waals surface area contributed by atoms with Gasteiger partial charge in [0.25, 0.3) is 5.91 Å². The van der Waals surface area contributed by atoms with Gasteiger partial charge in [-0.3, -0.25) is 14.9 Å². The molecule has 0 aliphatic heterocycles. The first-order chi connectivity index (χ1) is 9.53. The number of hydrogen-bond acceptors (Lipinski definition) is 4. The molecule has 0 radical (unpaired) electrons. The van der Waals surface area contributed by atoms with E-state index in [-0.39, 0.29) is 23.4 Å². The molecule has 1 aromatic carbocycles. The number of amides is 1. The molecule has 20 heavy (non-hydrogen) atoms. The molecule has 1 unspecified atom stereocenters. The van der Waals surface area contributed by atoms with Crippen molar-refractivity contribution in [3.63, 3.8) is 0 Å². The highest BCUT2D eigenvalue weighted by atomic mass is 35.5. The molecule has 0 fully saturated rings. The molecule has 0 aliphatic rings. The number of rotatable bonds is 7. The number of carbonyl (C=O) groups excluding carboxylic acids is 1. The van der Waals surface area contributed by atoms with E-state index in [2.05, 4.69) is 5.32 Å². The molecule has 7 heteroatoms. The molecule has 0 bridgehead atoms. The molecular formula is C13H17ClN2O4. The fourth-order valence-electron chi connectivity index (χ4n) is 1.75. The van der Waals surface area contributed by atoms with Gasteiger partial charge >= 0.3 is 5.69 Å². The Bertz CT molecular complexity index is 493. The molecule has 6 nitrogen and oxygen atoms in total. The standard InChI is InChI=1S/C13H17ClN2O4/c1-3-10(6-7-14)15-13(17)9-4-5-11(16(18)19)12(8-9)20-2/h4-5,8,10H,3,6-7H2,1-2H3,(H,15,17). The van der Waals surface area contributed by atoms with Crippen molar-refractivity contribution in [1.82, 2.24) is 5.32 Å². The van der Waals surface area contributed by atoms with Crippen molar-refractivity contribution in [2.24, 2.45) is 0 Å². The summed E-state index contributed by atoms with van der Waals surface area (Å²) in [4.78, 5) is 22.3. The second-order valence-electron chi connectivity index (χ2n) is 4.20. The first-order valence-electron chi connectivity index (χ1n) is 6.22. The van der Waals surface area contributed by atoms with Crippen LogP contribution < -0.4 is 10.1 Å². The Morgan fingerprint density at radius 3 is 2.75 bits per heavy atom. The van der Waals surface area contributed by atoms with E-state index in [9.17, 15) is 14.9 Å². The van der Waals surface area contributed by atoms with E-state index in [0.29, 0.717) is 17.9 Å². The van der Waals surface area contributed by atoms with E-state index < -0.39 is 4.92 Å². The number of nitrogens with one attached hydrogen (secondary N) is 1. The molecule has 0 spiro atoms. The van der Waals surface area contributed by atoms with E-state index in [4.69, 9.17) is 16.3 Å². The van der Waals surface area contributed by atoms with Crippen LogP contribution in [0.25, 0.3) is 0 Å². The summed E-state index contributed by atoms with van der Waals surface area (Å²) in [5, 5.41) is 13.6. The van der Waals surface area contributed by atoms with Gasteiger partial charge in [-0.15, -0.1) is 11.6 Å². The Balaban J connectivity index is 2.91. The normalized spacial score (nSPS) is 11.8. The first kappa shape index (κ1) is 16.2. The van der Waals surface area contributed by atoms with Gasteiger partial charge in [-0.05, 0) is 18.9 Å². The lowest BCUT2D eigenvalue weighted by atomic mass is 10.1. The quantitative estimate of drug-likeness (QED) is 0.477. The van der Waals surface area contributed by atoms with Crippen LogP contribution in [0.4, 0.5) is 5.69 Å². The third-order valence-electron chi connectivity index (χ3n) is 2.92. The zero-order chi connectivity index (χ0) is 15.1. The summed E-state index contributed by atoms with van der Waals surface area (Å²) in [5.74, 6) is 0.228. The highest BCUT2D eigenvalue weighted by molar-refractivity contribution is 6.17. The molecular weight excluding hydrogens is 284 g/mol. The Morgan fingerprint density at radius 2 is 2.25 bits per heavy atom. The van der Waals surface area contributed by atoms with E-state index in [1.54, 1.807) is 0 Å². The summed E-state index contributed by atoms with van der Waals surface area (Å²) < 4.78 is 4.93. The van der Waals surface area contributed by atoms with Gasteiger partial charge in [0, 0.05) is 29.6 Å². The van der Waals surface area contributed by atoms with E-state index in [1.807, 2.05) is 6.92 Å². The molecule has 1 aromatic rings. The number of nitrogens with zero attached hydrogens (tertiary/aromatic N) is 1. The predicted molar refractivity (Wildman–Crippen MR) is 76.5 cm³/mol. The monoisotopic (exact) mass is 300 g/mol. The van der Waals surface area contributed by atoms with Crippen molar-refractivity contribution < 1.29 is 14.5 Å². The lowest BCUT2D eigenvalue weighted by molar-refractivity contribution is -0.385. The third-order valence-corrected chi connectivity index (χ3v) is 3.14. The number of nitro benzene ring substituents is 1. The van der Waals surface area contributed by atoms with E-state index >= 15 is 0 Å². The fraction of sp³-hybridized carbons (Fsp3) is 0.462. The number of halogens is 1. The van der Waals surface area contributed by atoms with Crippen LogP contribution in [0.5, 0.6) is 5.75 Å². The second-order valence-corrected chi connectivity index (χ2v) is 4.58. The maximum absolute atomic E-state index is 12.1. The SMILES string of the molecule is CCC(CCCl)NC(=O)c1ccc([N+](=O)[O-])c(OC)c1. The molecule has 1 N–H and O–H groups in total. The highest BCUT2D eigenvalue weighted by Gasteiger charge is 2.18. The Labute approximate surface area is 122 Å². The van der Waals surface area contributed by atoms with E-state index in [0.717, 1.165) is 6.42 Å². The Kier molecular flexibility index (Phi) is 6.24. The Hall–Kier alpha value is -1.82. The van der Waals surface area contributed by atoms with Gasteiger partial charge in [-0.1, -0.05) is 6.92 Å². The van der Waals surface area contributed by atoms with Gasteiger partial charge in [0.2, 0.25) is 0 Å². The van der Waals surface area contributed by atoms with Crippen molar-refractivity contribution in [1.29, 1.82) is 0 Å². The lowest BCUT2D eigenvalue weighted by Crippen LogP contribution is -2.34. The van der Waals surface area contributed by atoms with Crippen molar-refractivity contribution >= 4 is 23.2 Å². The number of alkyl halides is 1. The average molecular weight is 301 g/mol. The largest absolute Gasteiger partial charge is 0.490 e. The molecule has 0 heterocycles. The van der Waals surface area contributed by atoms with Crippen molar-refractivity contribution in [3.05, 3.63) is 33.9 Å². The number of benzene rings is 1. The molecule has 1 amide bonds. The number of carbonyl (C=O) groups is 1. The molecule has 0 saturated heterocycles. The summed E-state index contributed by atoms with van der Waals surface area (Å²) >= 11 is 5.66. The topological polar surface area (TPSA) is 81.5 Å². The Morgan fingerprint density at radius 1 is 1.55 bits per heavy atom. The van der Waals surface area contributed by atoms with Crippen LogP contribution in [-0.2, 0) is 0 Å². The van der Waals surface area contributed by atoms with Crippen LogP contribution in [0.1, 0.15) is 30.1 Å². The highest BCUT2D eigenvalue weighted by Crippen LogP contribution is 2.27. The first-order valence-corrected chi connectivity index (χ1v) is 6.76. The van der Waals surface area contributed by atoms with Gasteiger partial charge < -0.3 is 10.1 Å². The average Bonchev–Trinajstić information content (AvgIpc) is 2.45. The maximum atomic E-state index is 12.1. The minimum Gasteiger partial charge on any atom is -0.490 e. The zero-order valence-electron chi connectivity index (χ0n) is 11.4. The lowest BCUT2D eigenvalue weighted by Gasteiger charge is -2.15. The summed E-state index contributed by atoms with van der Waals surface area (Å²) in [7, 11) is 1.33. The maximum Gasteiger partial charge on any atom is 0.310 e. The van der Waals surface area contributed by atoms with Gasteiger partial charge in [0.05, 0.1) is 12.0 Å². The molecule has 0 aromatic heterocycles. The minimum absolute atomic E-state index is 0.0128. The van der Waals surface area contributed by atoms with Crippen LogP contribution in [0, 0.1) is 10.1 Å². The van der Waals surface area contributed by atoms with Crippen LogP contribution in [0.2, 0.25) is 0 Å². The molecule has 1 rings (SSSR count). The minimum atomic E-state index is -0.553. The summed E-state index contributed by atoms with van der Waals surface area (Å²) in [6, 6.07) is 4.02. The van der Waals surface area contributed by atoms with Crippen LogP contribution in [0.3, 0.4) is 0 Å². The van der Waals surface area contributed by atoms with Crippen molar-refractivity contribution in [2.75, 3.05) is 13.0 Å². The van der Waals surface area contributed by atoms with Crippen molar-refractivity contribution in [2.45, 2.75) is 25.8 Å². The van der Waals surface area contributed by atoms with Crippen LogP contribution in [-0.4, -0.2) is 29.9 Å². The van der Waals surface area contributed by atoms with Crippen LogP contribution in [0.15, 0.2) is 18.2 Å². The second kappa shape index (κ2) is 7.69. The predicted octanol–water partition coefficient (Wildman–Crippen LogP) is 2.74. The third kappa shape index (κ3) is 4.09. The summed E-state index contributed by atoms with van der Waals surface area (Å²) in [5.41, 5.74) is 0.150. The number of hydrogen-bond donors (Lipinski definition) is 1. The van der Waals surface area contributed by atoms with Gasteiger partial charge in [-0.25, -0.2) is 0 Å². The number of methoxy groups -OCH3 is 1. The molecule has 1 atom stereocenters. The smallest absolute Gasteiger partial charge is 0.310 e.